The summed E-state index contributed by atoms with van der Waals surface area (Å²) in [4.78, 5) is -2.73. The lowest BCUT2D eigenvalue weighted by Crippen LogP contribution is -2.54. The fourth-order valence-electron chi connectivity index (χ4n) is 2.84. The fraction of sp³-hybridized carbons (Fsp3) is 0.200. The first kappa shape index (κ1) is 17.1. The second kappa shape index (κ2) is 5.41. The van der Waals surface area contributed by atoms with Gasteiger partial charge in [0.1, 0.15) is 23.4 Å². The molecule has 1 aliphatic heterocycles. The average molecular weight is 370 g/mol. The summed E-state index contributed by atoms with van der Waals surface area (Å²) in [6, 6.07) is 4.83. The Labute approximate surface area is 141 Å². The Hall–Kier alpha value is -2.69. The van der Waals surface area contributed by atoms with Crippen molar-refractivity contribution in [1.82, 2.24) is 0 Å². The van der Waals surface area contributed by atoms with Gasteiger partial charge < -0.3 is 30.3 Å². The maximum Gasteiger partial charge on any atom is 0.313 e. The van der Waals surface area contributed by atoms with Crippen molar-refractivity contribution in [2.75, 3.05) is 0 Å². The van der Waals surface area contributed by atoms with Gasteiger partial charge in [-0.3, -0.25) is 4.55 Å². The van der Waals surface area contributed by atoms with Gasteiger partial charge in [0.25, 0.3) is 4.93 Å². The molecular formula is C15H14O9S. The largest absolute Gasteiger partial charge is 0.508 e. The van der Waals surface area contributed by atoms with Gasteiger partial charge in [-0.2, -0.15) is 8.42 Å². The van der Waals surface area contributed by atoms with Gasteiger partial charge in [-0.1, -0.05) is 0 Å². The predicted octanol–water partition coefficient (Wildman–Crippen LogP) is 0.546. The Morgan fingerprint density at radius 2 is 1.68 bits per heavy atom. The molecule has 2 aromatic rings. The van der Waals surface area contributed by atoms with E-state index in [-0.39, 0.29) is 16.9 Å². The summed E-state index contributed by atoms with van der Waals surface area (Å²) in [7, 11) is -5.12. The van der Waals surface area contributed by atoms with E-state index in [0.717, 1.165) is 30.3 Å². The van der Waals surface area contributed by atoms with E-state index in [0.29, 0.717) is 0 Å². The SMILES string of the molecule is O=S(=O)(O)C1(c2ccc(O)c(O)c2)Oc2cc(O)cc(O)c2C[C@H]1O. The van der Waals surface area contributed by atoms with Crippen LogP contribution in [0.3, 0.4) is 0 Å². The first-order valence-electron chi connectivity index (χ1n) is 6.97. The van der Waals surface area contributed by atoms with Crippen LogP contribution in [0, 0.1) is 0 Å². The molecule has 3 rings (SSSR count). The highest BCUT2D eigenvalue weighted by Gasteiger charge is 2.57. The second-order valence-corrected chi connectivity index (χ2v) is 7.17. The zero-order chi connectivity index (χ0) is 18.6. The van der Waals surface area contributed by atoms with Crippen molar-refractivity contribution in [3.05, 3.63) is 41.5 Å². The van der Waals surface area contributed by atoms with Crippen LogP contribution in [0.4, 0.5) is 0 Å². The zero-order valence-electron chi connectivity index (χ0n) is 12.5. The predicted molar refractivity (Wildman–Crippen MR) is 83.1 cm³/mol. The van der Waals surface area contributed by atoms with E-state index in [2.05, 4.69) is 0 Å². The van der Waals surface area contributed by atoms with Gasteiger partial charge in [0, 0.05) is 29.7 Å². The Morgan fingerprint density at radius 3 is 2.28 bits per heavy atom. The number of phenolic OH excluding ortho intramolecular Hbond substituents is 4. The second-order valence-electron chi connectivity index (χ2n) is 5.61. The molecule has 2 atom stereocenters. The molecule has 1 unspecified atom stereocenters. The smallest absolute Gasteiger partial charge is 0.313 e. The molecule has 10 heteroatoms. The van der Waals surface area contributed by atoms with Gasteiger partial charge in [-0.25, -0.2) is 0 Å². The lowest BCUT2D eigenvalue weighted by atomic mass is 9.93. The quantitative estimate of drug-likeness (QED) is 0.327. The van der Waals surface area contributed by atoms with E-state index < -0.39 is 50.6 Å². The molecule has 0 aromatic heterocycles. The lowest BCUT2D eigenvalue weighted by molar-refractivity contribution is -0.0189. The summed E-state index contributed by atoms with van der Waals surface area (Å²) in [5.74, 6) is -2.36. The molecule has 0 radical (unpaired) electrons. The molecule has 1 aliphatic rings. The summed E-state index contributed by atoms with van der Waals surface area (Å²) in [5, 5.41) is 48.9. The number of hydrogen-bond donors (Lipinski definition) is 6. The monoisotopic (exact) mass is 370 g/mol. The number of benzene rings is 2. The van der Waals surface area contributed by atoms with Gasteiger partial charge in [-0.15, -0.1) is 0 Å². The number of aromatic hydroxyl groups is 4. The van der Waals surface area contributed by atoms with Crippen molar-refractivity contribution in [2.45, 2.75) is 17.5 Å². The molecule has 0 spiro atoms. The van der Waals surface area contributed by atoms with Gasteiger partial charge >= 0.3 is 10.1 Å². The summed E-state index contributed by atoms with van der Waals surface area (Å²) in [6.07, 6.45) is -2.29. The van der Waals surface area contributed by atoms with Gasteiger partial charge in [0.2, 0.25) is 0 Å². The Bertz CT molecular complexity index is 954. The van der Waals surface area contributed by atoms with E-state index in [4.69, 9.17) is 4.74 Å². The zero-order valence-corrected chi connectivity index (χ0v) is 13.3. The number of fused-ring (bicyclic) bond motifs is 1. The standard InChI is InChI=1S/C15H14O9S/c16-8-4-11(18)9-6-14(20)15(25(21,22)23,24-13(9)5-8)7-1-2-10(17)12(19)3-7/h1-5,14,16-20H,6H2,(H,21,22,23)/t14-,15?/m1/s1. The maximum absolute atomic E-state index is 12.1. The highest BCUT2D eigenvalue weighted by Crippen LogP contribution is 2.48. The highest BCUT2D eigenvalue weighted by atomic mass is 32.2. The number of aliphatic hydroxyl groups excluding tert-OH is 1. The molecule has 0 bridgehead atoms. The number of rotatable bonds is 2. The van der Waals surface area contributed by atoms with Crippen molar-refractivity contribution in [3.8, 4) is 28.7 Å². The maximum atomic E-state index is 12.1. The molecule has 25 heavy (non-hydrogen) atoms. The van der Waals surface area contributed by atoms with E-state index in [9.17, 15) is 38.5 Å². The third-order valence-electron chi connectivity index (χ3n) is 4.03. The molecule has 0 fully saturated rings. The molecule has 1 heterocycles. The fourth-order valence-corrected chi connectivity index (χ4v) is 3.88. The van der Waals surface area contributed by atoms with Gasteiger partial charge in [0.15, 0.2) is 11.5 Å². The normalized spacial score (nSPS) is 22.9. The van der Waals surface area contributed by atoms with Crippen LogP contribution in [0.25, 0.3) is 0 Å². The number of aliphatic hydroxyl groups is 1. The van der Waals surface area contributed by atoms with Crippen LogP contribution in [0.5, 0.6) is 28.7 Å². The molecular weight excluding hydrogens is 356 g/mol. The minimum atomic E-state index is -5.12. The third kappa shape index (κ3) is 2.51. The lowest BCUT2D eigenvalue weighted by Gasteiger charge is -2.40. The van der Waals surface area contributed by atoms with Crippen molar-refractivity contribution in [2.24, 2.45) is 0 Å². The van der Waals surface area contributed by atoms with Crippen molar-refractivity contribution >= 4 is 10.1 Å². The van der Waals surface area contributed by atoms with Crippen LogP contribution >= 0.6 is 0 Å². The Kier molecular flexibility index (Phi) is 3.71. The molecule has 0 amide bonds. The van der Waals surface area contributed by atoms with Crippen molar-refractivity contribution < 1.29 is 43.2 Å². The van der Waals surface area contributed by atoms with Crippen LogP contribution in [-0.4, -0.2) is 44.6 Å². The molecule has 2 aromatic carbocycles. The van der Waals surface area contributed by atoms with Crippen LogP contribution < -0.4 is 4.74 Å². The van der Waals surface area contributed by atoms with Crippen molar-refractivity contribution in [1.29, 1.82) is 0 Å². The minimum absolute atomic E-state index is 0.0348. The number of phenols is 4. The first-order chi connectivity index (χ1) is 11.6. The molecule has 9 nitrogen and oxygen atoms in total. The average Bonchev–Trinajstić information content (AvgIpc) is 2.49. The van der Waals surface area contributed by atoms with Crippen LogP contribution in [0.15, 0.2) is 30.3 Å². The summed E-state index contributed by atoms with van der Waals surface area (Å²) >= 11 is 0. The summed E-state index contributed by atoms with van der Waals surface area (Å²) in [6.45, 7) is 0. The number of ether oxygens (including phenoxy) is 1. The topological polar surface area (TPSA) is 165 Å². The van der Waals surface area contributed by atoms with Crippen molar-refractivity contribution in [3.63, 3.8) is 0 Å². The Balaban J connectivity index is 2.28. The van der Waals surface area contributed by atoms with E-state index >= 15 is 0 Å². The van der Waals surface area contributed by atoms with Gasteiger partial charge in [-0.05, 0) is 18.2 Å². The van der Waals surface area contributed by atoms with Crippen LogP contribution in [0.2, 0.25) is 0 Å². The summed E-state index contributed by atoms with van der Waals surface area (Å²) in [5.41, 5.74) is -0.321. The number of hydrogen-bond acceptors (Lipinski definition) is 8. The van der Waals surface area contributed by atoms with Crippen LogP contribution in [0.1, 0.15) is 11.1 Å². The molecule has 0 saturated carbocycles. The molecule has 134 valence electrons. The molecule has 0 aliphatic carbocycles. The van der Waals surface area contributed by atoms with E-state index in [1.165, 1.54) is 0 Å². The van der Waals surface area contributed by atoms with E-state index in [1.807, 2.05) is 0 Å². The highest BCUT2D eigenvalue weighted by molar-refractivity contribution is 7.86. The summed E-state index contributed by atoms with van der Waals surface area (Å²) < 4.78 is 39.3. The molecule has 0 saturated heterocycles. The van der Waals surface area contributed by atoms with Gasteiger partial charge in [0.05, 0.1) is 0 Å². The first-order valence-corrected chi connectivity index (χ1v) is 8.41. The third-order valence-corrected chi connectivity index (χ3v) is 5.39. The van der Waals surface area contributed by atoms with Crippen LogP contribution in [-0.2, 0) is 21.5 Å². The van der Waals surface area contributed by atoms with E-state index in [1.54, 1.807) is 0 Å². The molecule has 6 N–H and O–H groups in total. The Morgan fingerprint density at radius 1 is 1.00 bits per heavy atom. The minimum Gasteiger partial charge on any atom is -0.508 e.